The summed E-state index contributed by atoms with van der Waals surface area (Å²) in [5, 5.41) is 14.9. The Labute approximate surface area is 194 Å². The van der Waals surface area contributed by atoms with Crippen molar-refractivity contribution >= 4 is 34.8 Å². The summed E-state index contributed by atoms with van der Waals surface area (Å²) in [6.07, 6.45) is 2.76. The summed E-state index contributed by atoms with van der Waals surface area (Å²) in [6.45, 7) is 3.40. The monoisotopic (exact) mass is 452 g/mol. The van der Waals surface area contributed by atoms with Gasteiger partial charge >= 0.3 is 0 Å². The quantitative estimate of drug-likeness (QED) is 0.314. The number of amides is 3. The highest BCUT2D eigenvalue weighted by Gasteiger charge is 2.12. The van der Waals surface area contributed by atoms with Gasteiger partial charge in [-0.1, -0.05) is 24.8 Å². The molecule has 9 heteroatoms. The molecule has 0 aliphatic rings. The van der Waals surface area contributed by atoms with E-state index in [4.69, 9.17) is 0 Å². The van der Waals surface area contributed by atoms with Gasteiger partial charge in [0.1, 0.15) is 5.69 Å². The van der Waals surface area contributed by atoms with Crippen molar-refractivity contribution < 1.29 is 14.4 Å². The van der Waals surface area contributed by atoms with Gasteiger partial charge in [-0.25, -0.2) is 4.98 Å². The number of nitrogens with one attached hydrogen (secondary N) is 4. The lowest BCUT2D eigenvalue weighted by molar-refractivity contribution is -0.111. The van der Waals surface area contributed by atoms with E-state index in [1.54, 1.807) is 79.0 Å². The van der Waals surface area contributed by atoms with Crippen LogP contribution in [0.3, 0.4) is 0 Å². The van der Waals surface area contributed by atoms with Crippen molar-refractivity contribution in [1.82, 2.24) is 15.2 Å². The van der Waals surface area contributed by atoms with Crippen LogP contribution < -0.4 is 16.0 Å². The van der Waals surface area contributed by atoms with Gasteiger partial charge in [0.25, 0.3) is 11.8 Å². The number of H-pyrrole nitrogens is 1. The summed E-state index contributed by atoms with van der Waals surface area (Å²) in [5.41, 5.74) is 3.34. The van der Waals surface area contributed by atoms with Crippen LogP contribution in [-0.4, -0.2) is 32.9 Å². The smallest absolute Gasteiger partial charge is 0.274 e. The first-order valence-electron chi connectivity index (χ1n) is 10.2. The predicted octanol–water partition coefficient (Wildman–Crippen LogP) is 4.10. The molecule has 4 N–H and O–H groups in total. The molecule has 0 aliphatic heterocycles. The minimum atomic E-state index is -0.393. The third-order valence-electron chi connectivity index (χ3n) is 4.71. The molecule has 0 fully saturated rings. The van der Waals surface area contributed by atoms with E-state index in [1.165, 1.54) is 0 Å². The number of pyridine rings is 1. The van der Waals surface area contributed by atoms with Crippen LogP contribution in [-0.2, 0) is 4.79 Å². The minimum Gasteiger partial charge on any atom is -0.323 e. The van der Waals surface area contributed by atoms with Crippen molar-refractivity contribution in [1.29, 1.82) is 0 Å². The molecule has 0 spiro atoms. The maximum Gasteiger partial charge on any atom is 0.274 e. The zero-order chi connectivity index (χ0) is 23.9. The lowest BCUT2D eigenvalue weighted by Gasteiger charge is -2.10. The van der Waals surface area contributed by atoms with Gasteiger partial charge in [-0.15, -0.1) is 0 Å². The summed E-state index contributed by atoms with van der Waals surface area (Å²) >= 11 is 0. The maximum atomic E-state index is 12.7. The van der Waals surface area contributed by atoms with E-state index in [1.807, 2.05) is 0 Å². The Balaban J connectivity index is 1.44. The number of hydrogen-bond donors (Lipinski definition) is 4. The maximum absolute atomic E-state index is 12.7. The average Bonchev–Trinajstić information content (AvgIpc) is 3.39. The van der Waals surface area contributed by atoms with E-state index >= 15 is 0 Å². The third kappa shape index (κ3) is 5.40. The fourth-order valence-electron chi connectivity index (χ4n) is 3.11. The highest BCUT2D eigenvalue weighted by molar-refractivity contribution is 6.07. The zero-order valence-electron chi connectivity index (χ0n) is 17.9. The largest absolute Gasteiger partial charge is 0.323 e. The third-order valence-corrected chi connectivity index (χ3v) is 4.71. The number of benzene rings is 2. The molecule has 34 heavy (non-hydrogen) atoms. The number of aromatic nitrogens is 3. The van der Waals surface area contributed by atoms with Crippen LogP contribution in [0.4, 0.5) is 17.1 Å². The van der Waals surface area contributed by atoms with Crippen molar-refractivity contribution in [3.63, 3.8) is 0 Å². The van der Waals surface area contributed by atoms with E-state index in [0.717, 1.165) is 6.08 Å². The molecule has 0 unspecified atom stereocenters. The van der Waals surface area contributed by atoms with Gasteiger partial charge in [0.05, 0.1) is 11.4 Å². The van der Waals surface area contributed by atoms with Crippen LogP contribution in [0, 0.1) is 0 Å². The second kappa shape index (κ2) is 10.0. The average molecular weight is 452 g/mol. The SMILES string of the molecule is C=CC(=O)Nc1cccc(C(=O)Nc2cccc(NC(=O)c3cccc(-c4ccn[nH]4)n3)c2)c1. The molecular formula is C25H20N6O3. The molecular weight excluding hydrogens is 432 g/mol. The number of rotatable bonds is 7. The number of nitrogens with zero attached hydrogens (tertiary/aromatic N) is 2. The highest BCUT2D eigenvalue weighted by Crippen LogP contribution is 2.19. The van der Waals surface area contributed by atoms with E-state index in [2.05, 4.69) is 37.7 Å². The topological polar surface area (TPSA) is 129 Å². The molecule has 0 radical (unpaired) electrons. The van der Waals surface area contributed by atoms with Gasteiger partial charge < -0.3 is 16.0 Å². The second-order valence-electron chi connectivity index (χ2n) is 7.14. The summed E-state index contributed by atoms with van der Waals surface area (Å²) in [6, 6.07) is 20.2. The Hall–Kier alpha value is -5.05. The van der Waals surface area contributed by atoms with Crippen LogP contribution >= 0.6 is 0 Å². The molecule has 2 aromatic carbocycles. The van der Waals surface area contributed by atoms with Crippen LogP contribution in [0.25, 0.3) is 11.4 Å². The summed E-state index contributed by atoms with van der Waals surface area (Å²) in [5.74, 6) is -1.13. The standard InChI is InChI=1S/C25H20N6O3/c1-2-23(32)27-17-7-3-6-16(14-17)24(33)28-18-8-4-9-19(15-18)29-25(34)22-11-5-10-20(30-22)21-12-13-26-31-21/h2-15H,1H2,(H,26,31)(H,27,32)(H,28,33)(H,29,34). The summed E-state index contributed by atoms with van der Waals surface area (Å²) < 4.78 is 0. The number of carbonyl (C=O) groups excluding carboxylic acids is 3. The van der Waals surface area contributed by atoms with E-state index in [-0.39, 0.29) is 17.5 Å². The first-order valence-corrected chi connectivity index (χ1v) is 10.2. The Kier molecular flexibility index (Phi) is 6.55. The molecule has 4 aromatic rings. The molecule has 4 rings (SSSR count). The number of anilines is 3. The van der Waals surface area contributed by atoms with Crippen molar-refractivity contribution in [3.8, 4) is 11.4 Å². The van der Waals surface area contributed by atoms with E-state index < -0.39 is 5.91 Å². The van der Waals surface area contributed by atoms with E-state index in [0.29, 0.717) is 34.0 Å². The van der Waals surface area contributed by atoms with E-state index in [9.17, 15) is 14.4 Å². The molecule has 0 saturated heterocycles. The molecule has 168 valence electrons. The van der Waals surface area contributed by atoms with Gasteiger partial charge in [0.2, 0.25) is 5.91 Å². The van der Waals surface area contributed by atoms with Crippen LogP contribution in [0.15, 0.2) is 91.6 Å². The zero-order valence-corrected chi connectivity index (χ0v) is 17.9. The highest BCUT2D eigenvalue weighted by atomic mass is 16.2. The Morgan fingerprint density at radius 3 is 2.18 bits per heavy atom. The summed E-state index contributed by atoms with van der Waals surface area (Å²) in [7, 11) is 0. The van der Waals surface area contributed by atoms with Gasteiger partial charge in [0, 0.05) is 28.8 Å². The van der Waals surface area contributed by atoms with Crippen molar-refractivity contribution in [2.24, 2.45) is 0 Å². The first kappa shape index (κ1) is 22.2. The lowest BCUT2D eigenvalue weighted by atomic mass is 10.1. The molecule has 0 aliphatic carbocycles. The minimum absolute atomic E-state index is 0.236. The molecule has 2 heterocycles. The van der Waals surface area contributed by atoms with Crippen LogP contribution in [0.2, 0.25) is 0 Å². The fraction of sp³-hybridized carbons (Fsp3) is 0. The molecule has 3 amide bonds. The van der Waals surface area contributed by atoms with Crippen LogP contribution in [0.5, 0.6) is 0 Å². The van der Waals surface area contributed by atoms with Crippen molar-refractivity contribution in [3.05, 3.63) is 103 Å². The molecule has 2 aromatic heterocycles. The fourth-order valence-corrected chi connectivity index (χ4v) is 3.11. The lowest BCUT2D eigenvalue weighted by Crippen LogP contribution is -2.15. The summed E-state index contributed by atoms with van der Waals surface area (Å²) in [4.78, 5) is 41.2. The molecule has 0 bridgehead atoms. The molecule has 9 nitrogen and oxygen atoms in total. The molecule has 0 saturated carbocycles. The van der Waals surface area contributed by atoms with Crippen molar-refractivity contribution in [2.75, 3.05) is 16.0 Å². The Morgan fingerprint density at radius 2 is 1.47 bits per heavy atom. The van der Waals surface area contributed by atoms with Gasteiger partial charge in [0.15, 0.2) is 0 Å². The van der Waals surface area contributed by atoms with Crippen molar-refractivity contribution in [2.45, 2.75) is 0 Å². The predicted molar refractivity (Wildman–Crippen MR) is 129 cm³/mol. The van der Waals surface area contributed by atoms with Crippen LogP contribution in [0.1, 0.15) is 20.8 Å². The normalized spacial score (nSPS) is 10.2. The Morgan fingerprint density at radius 1 is 0.794 bits per heavy atom. The second-order valence-corrected chi connectivity index (χ2v) is 7.14. The van der Waals surface area contributed by atoms with Gasteiger partial charge in [-0.2, -0.15) is 5.10 Å². The van der Waals surface area contributed by atoms with Gasteiger partial charge in [-0.3, -0.25) is 19.5 Å². The molecule has 0 atom stereocenters. The van der Waals surface area contributed by atoms with Gasteiger partial charge in [-0.05, 0) is 60.7 Å². The number of carbonyl (C=O) groups is 3. The number of hydrogen-bond acceptors (Lipinski definition) is 5. The first-order chi connectivity index (χ1) is 16.5. The Bertz CT molecular complexity index is 1360. The number of aromatic amines is 1.